The summed E-state index contributed by atoms with van der Waals surface area (Å²) >= 11 is 1.58. The zero-order valence-corrected chi connectivity index (χ0v) is 10.7. The number of thioether (sulfide) groups is 1. The van der Waals surface area contributed by atoms with Crippen molar-refractivity contribution >= 4 is 22.6 Å². The smallest absolute Gasteiger partial charge is 0.327 e. The largest absolute Gasteiger partial charge is 1.00 e. The molecule has 0 radical (unpaired) electrons. The summed E-state index contributed by atoms with van der Waals surface area (Å²) in [6.45, 7) is 2.07. The van der Waals surface area contributed by atoms with Crippen molar-refractivity contribution < 1.29 is 22.1 Å². The summed E-state index contributed by atoms with van der Waals surface area (Å²) < 4.78 is 0. The van der Waals surface area contributed by atoms with Crippen LogP contribution in [0.1, 0.15) is 11.1 Å². The van der Waals surface area contributed by atoms with Gasteiger partial charge in [-0.05, 0) is 18.7 Å². The Morgan fingerprint density at radius 2 is 2.00 bits per heavy atom. The predicted octanol–water partition coefficient (Wildman–Crippen LogP) is -3.15. The topological polar surface area (TPSA) is 52.3 Å². The average Bonchev–Trinajstić information content (AvgIpc) is 2.21. The molecule has 1 heterocycles. The van der Waals surface area contributed by atoms with Crippen LogP contribution in [-0.2, 0) is 0 Å². The van der Waals surface area contributed by atoms with Gasteiger partial charge in [0.05, 0.1) is 5.75 Å². The molecule has 0 fully saturated rings. The molecule has 80 valence electrons. The average molecular weight is 286 g/mol. The highest BCUT2D eigenvalue weighted by Crippen LogP contribution is 2.09. The Morgan fingerprint density at radius 3 is 2.53 bits per heavy atom. The van der Waals surface area contributed by atoms with Crippen molar-refractivity contribution in [3.8, 4) is 0 Å². The van der Waals surface area contributed by atoms with Crippen molar-refractivity contribution in [2.24, 2.45) is 10.8 Å². The molecule has 0 aliphatic carbocycles. The number of amidine groups is 1. The summed E-state index contributed by atoms with van der Waals surface area (Å²) in [6, 6.07) is 8.34. The van der Waals surface area contributed by atoms with Crippen LogP contribution >= 0.6 is 11.8 Å². The molecule has 1 aliphatic rings. The maximum atomic E-state index is 5.56. The van der Waals surface area contributed by atoms with E-state index in [1.165, 1.54) is 5.56 Å². The van der Waals surface area contributed by atoms with E-state index in [1.54, 1.807) is 11.8 Å². The number of rotatable bonds is 1. The maximum Gasteiger partial charge on any atom is 0.327 e. The molecule has 3 nitrogen and oxygen atoms in total. The van der Waals surface area contributed by atoms with E-state index in [-0.39, 0.29) is 17.0 Å². The van der Waals surface area contributed by atoms with Crippen LogP contribution < -0.4 is 27.8 Å². The molecular formula is C10H12BrN3S. The lowest BCUT2D eigenvalue weighted by Crippen LogP contribution is -3.00. The van der Waals surface area contributed by atoms with Gasteiger partial charge in [0.2, 0.25) is 0 Å². The zero-order chi connectivity index (χ0) is 9.97. The number of hydrogen-bond acceptors (Lipinski definition) is 3. The summed E-state index contributed by atoms with van der Waals surface area (Å²) in [5, 5.41) is 7.65. The molecule has 1 aromatic rings. The molecule has 3 N–H and O–H groups in total. The normalized spacial score (nSPS) is 15.0. The SMILES string of the molecule is Cc1ccc(C2=N[NH+]=C(N)SC2)cc1.[Br-]. The number of benzene rings is 1. The van der Waals surface area contributed by atoms with Crippen molar-refractivity contribution in [3.63, 3.8) is 0 Å². The van der Waals surface area contributed by atoms with E-state index in [0.29, 0.717) is 5.17 Å². The van der Waals surface area contributed by atoms with Gasteiger partial charge in [-0.3, -0.25) is 5.73 Å². The van der Waals surface area contributed by atoms with Crippen LogP contribution in [0, 0.1) is 6.92 Å². The Hall–Kier alpha value is -0.810. The molecule has 2 rings (SSSR count). The van der Waals surface area contributed by atoms with E-state index < -0.39 is 0 Å². The lowest BCUT2D eigenvalue weighted by Gasteiger charge is -2.05. The molecule has 15 heavy (non-hydrogen) atoms. The Bertz CT molecular complexity index is 398. The minimum Gasteiger partial charge on any atom is -1.00 e. The number of hydrogen-bond donors (Lipinski definition) is 2. The lowest BCUT2D eigenvalue weighted by atomic mass is 10.1. The van der Waals surface area contributed by atoms with Gasteiger partial charge in [0.15, 0.2) is 0 Å². The van der Waals surface area contributed by atoms with Crippen molar-refractivity contribution in [3.05, 3.63) is 35.4 Å². The van der Waals surface area contributed by atoms with Crippen LogP contribution in [0.5, 0.6) is 0 Å². The van der Waals surface area contributed by atoms with Crippen LogP contribution in [0.15, 0.2) is 29.4 Å². The summed E-state index contributed by atoms with van der Waals surface area (Å²) in [5.41, 5.74) is 9.02. The van der Waals surface area contributed by atoms with Crippen molar-refractivity contribution in [2.75, 3.05) is 5.75 Å². The first kappa shape index (κ1) is 12.3. The molecule has 5 heteroatoms. The van der Waals surface area contributed by atoms with E-state index in [2.05, 4.69) is 41.4 Å². The number of halogens is 1. The first-order chi connectivity index (χ1) is 6.75. The second-order valence-corrected chi connectivity index (χ2v) is 4.21. The van der Waals surface area contributed by atoms with Gasteiger partial charge in [-0.2, -0.15) is 0 Å². The summed E-state index contributed by atoms with van der Waals surface area (Å²) in [6.07, 6.45) is 0. The van der Waals surface area contributed by atoms with E-state index in [0.717, 1.165) is 17.0 Å². The number of nitrogens with two attached hydrogens (primary N) is 1. The van der Waals surface area contributed by atoms with Gasteiger partial charge in [0.1, 0.15) is 5.71 Å². The van der Waals surface area contributed by atoms with E-state index in [9.17, 15) is 0 Å². The lowest BCUT2D eigenvalue weighted by molar-refractivity contribution is -0.460. The van der Waals surface area contributed by atoms with Gasteiger partial charge in [-0.1, -0.05) is 34.9 Å². The van der Waals surface area contributed by atoms with Crippen LogP contribution in [0.4, 0.5) is 0 Å². The molecule has 0 unspecified atom stereocenters. The highest BCUT2D eigenvalue weighted by Gasteiger charge is 2.12. The van der Waals surface area contributed by atoms with Gasteiger partial charge in [0, 0.05) is 5.56 Å². The third kappa shape index (κ3) is 3.07. The van der Waals surface area contributed by atoms with Crippen LogP contribution in [0.3, 0.4) is 0 Å². The van der Waals surface area contributed by atoms with E-state index in [4.69, 9.17) is 5.73 Å². The van der Waals surface area contributed by atoms with Crippen LogP contribution in [-0.4, -0.2) is 16.6 Å². The third-order valence-electron chi connectivity index (χ3n) is 2.05. The molecular weight excluding hydrogens is 274 g/mol. The monoisotopic (exact) mass is 285 g/mol. The fourth-order valence-electron chi connectivity index (χ4n) is 1.23. The first-order valence-electron chi connectivity index (χ1n) is 4.40. The molecule has 0 bridgehead atoms. The molecule has 0 saturated carbocycles. The van der Waals surface area contributed by atoms with Crippen molar-refractivity contribution in [1.82, 2.24) is 0 Å². The zero-order valence-electron chi connectivity index (χ0n) is 8.33. The van der Waals surface area contributed by atoms with Crippen LogP contribution in [0.25, 0.3) is 0 Å². The molecule has 0 saturated heterocycles. The van der Waals surface area contributed by atoms with E-state index in [1.807, 2.05) is 0 Å². The first-order valence-corrected chi connectivity index (χ1v) is 5.39. The van der Waals surface area contributed by atoms with Crippen molar-refractivity contribution in [2.45, 2.75) is 6.92 Å². The quantitative estimate of drug-likeness (QED) is 0.573. The van der Waals surface area contributed by atoms with Gasteiger partial charge in [-0.25, -0.2) is 0 Å². The minimum absolute atomic E-state index is 0. The maximum absolute atomic E-state index is 5.56. The molecule has 0 atom stereocenters. The van der Waals surface area contributed by atoms with E-state index >= 15 is 0 Å². The third-order valence-corrected chi connectivity index (χ3v) is 2.87. The number of nitrogens with one attached hydrogen (secondary N) is 1. The van der Waals surface area contributed by atoms with Gasteiger partial charge >= 0.3 is 5.17 Å². The Kier molecular flexibility index (Phi) is 4.35. The fourth-order valence-corrected chi connectivity index (χ4v) is 1.86. The highest BCUT2D eigenvalue weighted by atomic mass is 79.9. The molecule has 1 aliphatic heterocycles. The number of aryl methyl sites for hydroxylation is 1. The highest BCUT2D eigenvalue weighted by molar-refractivity contribution is 8.14. The molecule has 0 spiro atoms. The fraction of sp³-hybridized carbons (Fsp3) is 0.200. The summed E-state index contributed by atoms with van der Waals surface area (Å²) in [7, 11) is 0. The van der Waals surface area contributed by atoms with Gasteiger partial charge in [0.25, 0.3) is 0 Å². The predicted molar refractivity (Wildman–Crippen MR) is 60.3 cm³/mol. The van der Waals surface area contributed by atoms with Crippen molar-refractivity contribution in [1.29, 1.82) is 0 Å². The summed E-state index contributed by atoms with van der Waals surface area (Å²) in [4.78, 5) is 0. The Labute approximate surface area is 104 Å². The molecule has 1 aromatic carbocycles. The Morgan fingerprint density at radius 1 is 1.33 bits per heavy atom. The molecule has 0 amide bonds. The summed E-state index contributed by atoms with van der Waals surface area (Å²) in [5.74, 6) is 0.835. The Balaban J connectivity index is 0.00000112. The standard InChI is InChI=1S/C10H11N3S.BrH/c1-7-2-4-8(5-3-7)9-6-14-10(11)13-12-9;/h2-5H,6H2,1H3,(H2,11,13);1H. The van der Waals surface area contributed by atoms with Gasteiger partial charge in [-0.15, -0.1) is 5.10 Å². The second kappa shape index (κ2) is 5.32. The number of nitrogens with zero attached hydrogens (tertiary/aromatic N) is 1. The second-order valence-electron chi connectivity index (χ2n) is 3.19. The number of hydrazone groups is 1. The minimum atomic E-state index is 0. The van der Waals surface area contributed by atoms with Crippen LogP contribution in [0.2, 0.25) is 0 Å². The van der Waals surface area contributed by atoms with Gasteiger partial charge < -0.3 is 17.0 Å². The molecule has 0 aromatic heterocycles.